The molecule has 4 aromatic rings. The topological polar surface area (TPSA) is 105 Å². The molecule has 6 nitrogen and oxygen atoms in total. The van der Waals surface area contributed by atoms with Gasteiger partial charge in [-0.05, 0) is 59.0 Å². The van der Waals surface area contributed by atoms with Crippen molar-refractivity contribution in [1.82, 2.24) is 20.4 Å². The monoisotopic (exact) mass is 412 g/mol. The van der Waals surface area contributed by atoms with Crippen LogP contribution >= 0.6 is 22.6 Å². The van der Waals surface area contributed by atoms with Crippen molar-refractivity contribution in [3.05, 3.63) is 57.4 Å². The van der Waals surface area contributed by atoms with E-state index >= 15 is 0 Å². The summed E-state index contributed by atoms with van der Waals surface area (Å²) in [7, 11) is 0. The molecule has 2 heterocycles. The van der Waals surface area contributed by atoms with Gasteiger partial charge < -0.3 is 0 Å². The summed E-state index contributed by atoms with van der Waals surface area (Å²) < 4.78 is 1.01. The molecular weight excluding hydrogens is 403 g/mol. The van der Waals surface area contributed by atoms with E-state index in [0.717, 1.165) is 25.5 Å². The number of aromatic nitrogens is 4. The summed E-state index contributed by atoms with van der Waals surface area (Å²) in [5, 5.41) is 32.8. The molecule has 4 rings (SSSR count). The summed E-state index contributed by atoms with van der Waals surface area (Å²) in [6, 6.07) is 15.0. The number of nitrogens with one attached hydrogen (secondary N) is 2. The molecule has 110 valence electrons. The van der Waals surface area contributed by atoms with Gasteiger partial charge in [-0.1, -0.05) is 0 Å². The van der Waals surface area contributed by atoms with Gasteiger partial charge in [0.25, 0.3) is 0 Å². The minimum atomic E-state index is 0.644. The largest absolute Gasteiger partial charge is 0.278 e. The molecule has 0 amide bonds. The smallest absolute Gasteiger partial charge is 0.104 e. The van der Waals surface area contributed by atoms with Crippen LogP contribution in [0.15, 0.2) is 42.6 Å². The molecule has 0 unspecified atom stereocenters. The molecule has 2 aromatic heterocycles. The lowest BCUT2D eigenvalue weighted by Crippen LogP contribution is -1.73. The van der Waals surface area contributed by atoms with Gasteiger partial charge in [-0.15, -0.1) is 0 Å². The van der Waals surface area contributed by atoms with Crippen LogP contribution < -0.4 is 0 Å². The van der Waals surface area contributed by atoms with Crippen LogP contribution in [0.1, 0.15) is 11.1 Å². The molecule has 2 aromatic carbocycles. The van der Waals surface area contributed by atoms with Crippen molar-refractivity contribution in [3.8, 4) is 12.1 Å². The Morgan fingerprint density at radius 1 is 0.957 bits per heavy atom. The summed E-state index contributed by atoms with van der Waals surface area (Å²) in [5.74, 6) is 0. The van der Waals surface area contributed by atoms with Gasteiger partial charge in [0, 0.05) is 10.8 Å². The summed E-state index contributed by atoms with van der Waals surface area (Å²) in [5.41, 5.74) is 3.05. The second-order valence-corrected chi connectivity index (χ2v) is 5.74. The fourth-order valence-corrected chi connectivity index (χ4v) is 2.63. The number of nitriles is 2. The normalized spacial score (nSPS) is 9.87. The first-order valence-corrected chi connectivity index (χ1v) is 7.66. The van der Waals surface area contributed by atoms with Crippen LogP contribution in [0.2, 0.25) is 0 Å². The summed E-state index contributed by atoms with van der Waals surface area (Å²) >= 11 is 2.18. The van der Waals surface area contributed by atoms with Crippen molar-refractivity contribution in [1.29, 1.82) is 10.5 Å². The molecule has 0 aliphatic rings. The number of aromatic amines is 2. The van der Waals surface area contributed by atoms with Crippen LogP contribution in [0.4, 0.5) is 0 Å². The number of H-pyrrole nitrogens is 2. The molecule has 0 spiro atoms. The highest BCUT2D eigenvalue weighted by Gasteiger charge is 2.01. The molecule has 2 N–H and O–H groups in total. The van der Waals surface area contributed by atoms with Crippen molar-refractivity contribution in [3.63, 3.8) is 0 Å². The van der Waals surface area contributed by atoms with Gasteiger partial charge in [0.05, 0.1) is 40.5 Å². The lowest BCUT2D eigenvalue weighted by molar-refractivity contribution is 1.09. The molecule has 0 radical (unpaired) electrons. The fraction of sp³-hybridized carbons (Fsp3) is 0. The molecule has 0 fully saturated rings. The van der Waals surface area contributed by atoms with E-state index < -0.39 is 0 Å². The zero-order valence-corrected chi connectivity index (χ0v) is 13.9. The SMILES string of the molecule is N#Cc1ccc2c(I)[nH]nc2c1.N#Cc1ccc2cn[nH]c2c1. The van der Waals surface area contributed by atoms with Crippen LogP contribution in [0.5, 0.6) is 0 Å². The Morgan fingerprint density at radius 2 is 1.70 bits per heavy atom. The first kappa shape index (κ1) is 15.0. The second-order valence-electron chi connectivity index (χ2n) is 4.67. The highest BCUT2D eigenvalue weighted by molar-refractivity contribution is 14.1. The lowest BCUT2D eigenvalue weighted by Gasteiger charge is -1.88. The van der Waals surface area contributed by atoms with Crippen molar-refractivity contribution >= 4 is 44.4 Å². The minimum Gasteiger partial charge on any atom is -0.278 e. The minimum absolute atomic E-state index is 0.644. The summed E-state index contributed by atoms with van der Waals surface area (Å²) in [6.07, 6.45) is 1.73. The van der Waals surface area contributed by atoms with Crippen molar-refractivity contribution < 1.29 is 0 Å². The standard InChI is InChI=1S/C8H4IN3.C8H5N3/c9-8-6-2-1-5(4-10)3-7(6)11-12-8;9-4-6-1-2-7-5-10-11-8(7)3-6/h1-3H,(H,11,12);1-3,5H,(H,10,11). The van der Waals surface area contributed by atoms with Gasteiger partial charge in [0.15, 0.2) is 0 Å². The van der Waals surface area contributed by atoms with Gasteiger partial charge >= 0.3 is 0 Å². The number of hydrogen-bond acceptors (Lipinski definition) is 4. The maximum atomic E-state index is 8.61. The van der Waals surface area contributed by atoms with Crippen LogP contribution in [-0.2, 0) is 0 Å². The average molecular weight is 412 g/mol. The van der Waals surface area contributed by atoms with Crippen molar-refractivity contribution in [2.45, 2.75) is 0 Å². The number of benzene rings is 2. The van der Waals surface area contributed by atoms with Crippen LogP contribution in [0.25, 0.3) is 21.8 Å². The Balaban J connectivity index is 0.000000136. The van der Waals surface area contributed by atoms with E-state index in [9.17, 15) is 0 Å². The maximum absolute atomic E-state index is 8.61. The predicted molar refractivity (Wildman–Crippen MR) is 94.3 cm³/mol. The zero-order valence-electron chi connectivity index (χ0n) is 11.7. The van der Waals surface area contributed by atoms with Gasteiger partial charge in [-0.3, -0.25) is 10.2 Å². The highest BCUT2D eigenvalue weighted by atomic mass is 127. The van der Waals surface area contributed by atoms with E-state index in [1.807, 2.05) is 12.1 Å². The fourth-order valence-electron chi connectivity index (χ4n) is 2.06. The summed E-state index contributed by atoms with van der Waals surface area (Å²) in [6.45, 7) is 0. The third kappa shape index (κ3) is 3.15. The highest BCUT2D eigenvalue weighted by Crippen LogP contribution is 2.18. The Labute approximate surface area is 144 Å². The third-order valence-corrected chi connectivity index (χ3v) is 4.03. The number of fused-ring (bicyclic) bond motifs is 2. The summed E-state index contributed by atoms with van der Waals surface area (Å²) in [4.78, 5) is 0. The van der Waals surface area contributed by atoms with Gasteiger partial charge in [-0.2, -0.15) is 20.7 Å². The molecule has 0 atom stereocenters. The first-order chi connectivity index (χ1) is 11.2. The van der Waals surface area contributed by atoms with Crippen molar-refractivity contribution in [2.24, 2.45) is 0 Å². The van der Waals surface area contributed by atoms with E-state index in [0.29, 0.717) is 11.1 Å². The Morgan fingerprint density at radius 3 is 2.48 bits per heavy atom. The van der Waals surface area contributed by atoms with Gasteiger partial charge in [0.2, 0.25) is 0 Å². The number of halogens is 1. The zero-order chi connectivity index (χ0) is 16.2. The van der Waals surface area contributed by atoms with Crippen LogP contribution in [0.3, 0.4) is 0 Å². The Kier molecular flexibility index (Phi) is 4.22. The third-order valence-electron chi connectivity index (χ3n) is 3.21. The molecule has 0 aliphatic heterocycles. The number of hydrogen-bond donors (Lipinski definition) is 2. The van der Waals surface area contributed by atoms with Crippen LogP contribution in [0, 0.1) is 26.4 Å². The molecular formula is C16H9IN6. The van der Waals surface area contributed by atoms with Gasteiger partial charge in [-0.25, -0.2) is 0 Å². The van der Waals surface area contributed by atoms with E-state index in [2.05, 4.69) is 55.1 Å². The molecule has 7 heteroatoms. The first-order valence-electron chi connectivity index (χ1n) is 6.58. The quantitative estimate of drug-likeness (QED) is 0.432. The number of rotatable bonds is 0. The molecule has 23 heavy (non-hydrogen) atoms. The molecule has 0 saturated carbocycles. The van der Waals surface area contributed by atoms with Crippen LogP contribution in [-0.4, -0.2) is 20.4 Å². The van der Waals surface area contributed by atoms with E-state index in [1.54, 1.807) is 30.5 Å². The second kappa shape index (κ2) is 6.46. The average Bonchev–Trinajstić information content (AvgIpc) is 3.21. The molecule has 0 aliphatic carbocycles. The van der Waals surface area contributed by atoms with E-state index in [-0.39, 0.29) is 0 Å². The van der Waals surface area contributed by atoms with Crippen molar-refractivity contribution in [2.75, 3.05) is 0 Å². The predicted octanol–water partition coefficient (Wildman–Crippen LogP) is 3.47. The van der Waals surface area contributed by atoms with E-state index in [1.165, 1.54) is 0 Å². The molecule has 0 saturated heterocycles. The Hall–Kier alpha value is -2.91. The van der Waals surface area contributed by atoms with Gasteiger partial charge in [0.1, 0.15) is 3.70 Å². The number of nitrogens with zero attached hydrogens (tertiary/aromatic N) is 4. The maximum Gasteiger partial charge on any atom is 0.104 e. The van der Waals surface area contributed by atoms with E-state index in [4.69, 9.17) is 10.5 Å². The lowest BCUT2D eigenvalue weighted by atomic mass is 10.2. The molecule has 0 bridgehead atoms. The Bertz CT molecular complexity index is 1060.